The van der Waals surface area contributed by atoms with Gasteiger partial charge in [0.1, 0.15) is 11.4 Å². The molecule has 2 N–H and O–H groups in total. The third-order valence-corrected chi connectivity index (χ3v) is 3.71. The first-order chi connectivity index (χ1) is 10.1. The molecule has 1 aromatic rings. The summed E-state index contributed by atoms with van der Waals surface area (Å²) in [6, 6.07) is 5.38. The minimum Gasteiger partial charge on any atom is -0.380 e. The Morgan fingerprint density at radius 2 is 1.86 bits per heavy atom. The Labute approximate surface area is 127 Å². The maximum absolute atomic E-state index is 11.3. The van der Waals surface area contributed by atoms with Crippen LogP contribution in [0.15, 0.2) is 18.2 Å². The van der Waals surface area contributed by atoms with Gasteiger partial charge in [-0.3, -0.25) is 10.1 Å². The molecule has 0 radical (unpaired) electrons. The molecule has 0 saturated heterocycles. The smallest absolute Gasteiger partial charge is 0.315 e. The Morgan fingerprint density at radius 3 is 2.38 bits per heavy atom. The summed E-state index contributed by atoms with van der Waals surface area (Å²) in [5.41, 5.74) is 1.33. The van der Waals surface area contributed by atoms with E-state index in [2.05, 4.69) is 24.5 Å². The van der Waals surface area contributed by atoms with E-state index in [0.717, 1.165) is 13.0 Å². The number of nitro benzene ring substituents is 1. The predicted molar refractivity (Wildman–Crippen MR) is 89.1 cm³/mol. The molecule has 1 aromatic carbocycles. The summed E-state index contributed by atoms with van der Waals surface area (Å²) in [5.74, 6) is 0.562. The van der Waals surface area contributed by atoms with Gasteiger partial charge in [-0.25, -0.2) is 0 Å². The summed E-state index contributed by atoms with van der Waals surface area (Å²) < 4.78 is 0. The lowest BCUT2D eigenvalue weighted by Gasteiger charge is -2.17. The molecule has 21 heavy (non-hydrogen) atoms. The normalized spacial score (nSPS) is 12.0. The van der Waals surface area contributed by atoms with E-state index in [9.17, 15) is 10.1 Å². The fourth-order valence-electron chi connectivity index (χ4n) is 2.41. The fraction of sp³-hybridized carbons (Fsp3) is 0.625. The lowest BCUT2D eigenvalue weighted by Crippen LogP contribution is -2.15. The summed E-state index contributed by atoms with van der Waals surface area (Å²) in [6.07, 6.45) is 4.65. The molecule has 0 aliphatic rings. The van der Waals surface area contributed by atoms with Crippen LogP contribution in [0.2, 0.25) is 0 Å². The molecular weight excluding hydrogens is 266 g/mol. The van der Waals surface area contributed by atoms with Gasteiger partial charge in [-0.05, 0) is 31.4 Å². The number of rotatable bonds is 10. The molecule has 0 spiro atoms. The average Bonchev–Trinajstić information content (AvgIpc) is 2.47. The monoisotopic (exact) mass is 293 g/mol. The summed E-state index contributed by atoms with van der Waals surface area (Å²) in [7, 11) is 0. The van der Waals surface area contributed by atoms with Gasteiger partial charge >= 0.3 is 5.69 Å². The summed E-state index contributed by atoms with van der Waals surface area (Å²) >= 11 is 0. The van der Waals surface area contributed by atoms with Gasteiger partial charge in [-0.15, -0.1) is 0 Å². The standard InChI is InChI=1S/C16H27N3O2/c1-4-7-9-13(5-2)12-18-15-11-8-10-14(17-6-3)16(15)19(20)21/h8,10-11,13,17-18H,4-7,9,12H2,1-3H3. The van der Waals surface area contributed by atoms with E-state index >= 15 is 0 Å². The van der Waals surface area contributed by atoms with Crippen molar-refractivity contribution >= 4 is 17.1 Å². The van der Waals surface area contributed by atoms with Crippen LogP contribution in [0.1, 0.15) is 46.5 Å². The van der Waals surface area contributed by atoms with Gasteiger partial charge in [0.05, 0.1) is 4.92 Å². The van der Waals surface area contributed by atoms with Crippen molar-refractivity contribution < 1.29 is 4.92 Å². The first-order valence-corrected chi connectivity index (χ1v) is 7.89. The first kappa shape index (κ1) is 17.3. The van der Waals surface area contributed by atoms with Gasteiger partial charge in [0, 0.05) is 13.1 Å². The van der Waals surface area contributed by atoms with Crippen LogP contribution in [0, 0.1) is 16.0 Å². The average molecular weight is 293 g/mol. The molecule has 0 fully saturated rings. The summed E-state index contributed by atoms with van der Waals surface area (Å²) in [6.45, 7) is 7.74. The number of hydrogen-bond acceptors (Lipinski definition) is 4. The predicted octanol–water partition coefficient (Wildman–Crippen LogP) is 4.65. The van der Waals surface area contributed by atoms with Gasteiger partial charge in [0.25, 0.3) is 0 Å². The SMILES string of the molecule is CCCCC(CC)CNc1cccc(NCC)c1[N+](=O)[O-]. The molecule has 0 bridgehead atoms. The van der Waals surface area contributed by atoms with Crippen molar-refractivity contribution in [1.82, 2.24) is 0 Å². The van der Waals surface area contributed by atoms with Crippen molar-refractivity contribution in [3.8, 4) is 0 Å². The van der Waals surface area contributed by atoms with Gasteiger partial charge in [-0.2, -0.15) is 0 Å². The molecule has 0 aliphatic carbocycles. The molecule has 1 atom stereocenters. The quantitative estimate of drug-likeness (QED) is 0.486. The highest BCUT2D eigenvalue weighted by molar-refractivity contribution is 5.76. The molecule has 5 heteroatoms. The van der Waals surface area contributed by atoms with E-state index in [0.29, 0.717) is 23.8 Å². The number of nitrogens with one attached hydrogen (secondary N) is 2. The minimum atomic E-state index is -0.312. The van der Waals surface area contributed by atoms with E-state index in [1.807, 2.05) is 13.0 Å². The van der Waals surface area contributed by atoms with Crippen molar-refractivity contribution in [2.24, 2.45) is 5.92 Å². The van der Waals surface area contributed by atoms with Gasteiger partial charge in [0.2, 0.25) is 0 Å². The molecule has 1 rings (SSSR count). The second kappa shape index (κ2) is 9.21. The Kier molecular flexibility index (Phi) is 7.58. The highest BCUT2D eigenvalue weighted by Crippen LogP contribution is 2.33. The van der Waals surface area contributed by atoms with E-state index < -0.39 is 0 Å². The highest BCUT2D eigenvalue weighted by Gasteiger charge is 2.19. The molecule has 0 heterocycles. The van der Waals surface area contributed by atoms with Gasteiger partial charge < -0.3 is 10.6 Å². The van der Waals surface area contributed by atoms with Gasteiger partial charge in [0.15, 0.2) is 0 Å². The third-order valence-electron chi connectivity index (χ3n) is 3.71. The Hall–Kier alpha value is -1.78. The van der Waals surface area contributed by atoms with E-state index in [-0.39, 0.29) is 10.6 Å². The molecular formula is C16H27N3O2. The fourth-order valence-corrected chi connectivity index (χ4v) is 2.41. The lowest BCUT2D eigenvalue weighted by molar-refractivity contribution is -0.383. The zero-order valence-corrected chi connectivity index (χ0v) is 13.3. The number of unbranched alkanes of at least 4 members (excludes halogenated alkanes) is 1. The topological polar surface area (TPSA) is 67.2 Å². The highest BCUT2D eigenvalue weighted by atomic mass is 16.6. The van der Waals surface area contributed by atoms with Crippen LogP contribution in [0.5, 0.6) is 0 Å². The molecule has 118 valence electrons. The number of nitrogens with zero attached hydrogens (tertiary/aromatic N) is 1. The van der Waals surface area contributed by atoms with Crippen LogP contribution in [-0.4, -0.2) is 18.0 Å². The van der Waals surface area contributed by atoms with Crippen LogP contribution in [0.3, 0.4) is 0 Å². The third kappa shape index (κ3) is 5.25. The number of hydrogen-bond donors (Lipinski definition) is 2. The number of nitro groups is 1. The molecule has 1 unspecified atom stereocenters. The Bertz CT molecular complexity index is 449. The molecule has 0 saturated carbocycles. The first-order valence-electron chi connectivity index (χ1n) is 7.89. The van der Waals surface area contributed by atoms with Crippen molar-refractivity contribution in [2.75, 3.05) is 23.7 Å². The molecule has 0 aromatic heterocycles. The number of anilines is 2. The maximum atomic E-state index is 11.3. The minimum absolute atomic E-state index is 0.143. The zero-order chi connectivity index (χ0) is 15.7. The summed E-state index contributed by atoms with van der Waals surface area (Å²) in [5, 5.41) is 17.7. The van der Waals surface area contributed by atoms with E-state index in [4.69, 9.17) is 0 Å². The molecule has 5 nitrogen and oxygen atoms in total. The van der Waals surface area contributed by atoms with Crippen molar-refractivity contribution in [2.45, 2.75) is 46.5 Å². The second-order valence-electron chi connectivity index (χ2n) is 5.29. The number of para-hydroxylation sites is 1. The van der Waals surface area contributed by atoms with Crippen LogP contribution in [-0.2, 0) is 0 Å². The van der Waals surface area contributed by atoms with Crippen molar-refractivity contribution in [3.05, 3.63) is 28.3 Å². The van der Waals surface area contributed by atoms with Crippen molar-refractivity contribution in [1.29, 1.82) is 0 Å². The Morgan fingerprint density at radius 1 is 1.19 bits per heavy atom. The molecule has 0 amide bonds. The van der Waals surface area contributed by atoms with Crippen molar-refractivity contribution in [3.63, 3.8) is 0 Å². The van der Waals surface area contributed by atoms with Crippen LogP contribution < -0.4 is 10.6 Å². The van der Waals surface area contributed by atoms with Crippen LogP contribution in [0.25, 0.3) is 0 Å². The maximum Gasteiger partial charge on any atom is 0.315 e. The summed E-state index contributed by atoms with van der Waals surface area (Å²) in [4.78, 5) is 11.0. The molecule has 0 aliphatic heterocycles. The second-order valence-corrected chi connectivity index (χ2v) is 5.29. The lowest BCUT2D eigenvalue weighted by atomic mass is 9.99. The van der Waals surface area contributed by atoms with E-state index in [1.54, 1.807) is 12.1 Å². The van der Waals surface area contributed by atoms with E-state index in [1.165, 1.54) is 19.3 Å². The van der Waals surface area contributed by atoms with Gasteiger partial charge in [-0.1, -0.05) is 39.2 Å². The Balaban J connectivity index is 2.82. The van der Waals surface area contributed by atoms with Crippen LogP contribution >= 0.6 is 0 Å². The zero-order valence-electron chi connectivity index (χ0n) is 13.3. The largest absolute Gasteiger partial charge is 0.380 e. The number of benzene rings is 1. The van der Waals surface area contributed by atoms with Crippen LogP contribution in [0.4, 0.5) is 17.1 Å².